The van der Waals surface area contributed by atoms with Gasteiger partial charge < -0.3 is 11.5 Å². The van der Waals surface area contributed by atoms with E-state index in [-0.39, 0.29) is 0 Å². The number of benzene rings is 1. The Morgan fingerprint density at radius 2 is 2.18 bits per heavy atom. The van der Waals surface area contributed by atoms with E-state index in [0.717, 1.165) is 5.56 Å². The summed E-state index contributed by atoms with van der Waals surface area (Å²) in [7, 11) is 0. The molecule has 1 aromatic rings. The number of rotatable bonds is 1. The van der Waals surface area contributed by atoms with E-state index in [1.54, 1.807) is 18.2 Å². The van der Waals surface area contributed by atoms with Gasteiger partial charge in [-0.3, -0.25) is 0 Å². The molecule has 0 radical (unpaired) electrons. The zero-order chi connectivity index (χ0) is 8.27. The van der Waals surface area contributed by atoms with Crippen LogP contribution in [0.3, 0.4) is 0 Å². The number of hydrogen-bond donors (Lipinski definition) is 2. The molecule has 0 spiro atoms. The van der Waals surface area contributed by atoms with Crippen molar-refractivity contribution < 1.29 is 0 Å². The Balaban J connectivity index is 3.27. The van der Waals surface area contributed by atoms with Gasteiger partial charge in [-0.15, -0.1) is 0 Å². The minimum Gasteiger partial charge on any atom is -0.398 e. The Labute approximate surface area is 65.2 Å². The zero-order valence-corrected chi connectivity index (χ0v) is 6.04. The second kappa shape index (κ2) is 3.04. The molecule has 0 unspecified atom stereocenters. The Morgan fingerprint density at radius 3 is 2.64 bits per heavy atom. The predicted octanol–water partition coefficient (Wildman–Crippen LogP) is 0.599. The van der Waals surface area contributed by atoms with Crippen LogP contribution in [0.15, 0.2) is 18.2 Å². The SMILES string of the molecule is N#Cc1cccc(N)c1CN. The molecule has 3 heteroatoms. The topological polar surface area (TPSA) is 75.8 Å². The molecule has 0 atom stereocenters. The quantitative estimate of drug-likeness (QED) is 0.571. The molecule has 0 amide bonds. The van der Waals surface area contributed by atoms with Gasteiger partial charge in [0.25, 0.3) is 0 Å². The van der Waals surface area contributed by atoms with Crippen molar-refractivity contribution in [2.24, 2.45) is 5.73 Å². The average Bonchev–Trinajstić information content (AvgIpc) is 2.04. The van der Waals surface area contributed by atoms with Crippen LogP contribution >= 0.6 is 0 Å². The van der Waals surface area contributed by atoms with Gasteiger partial charge >= 0.3 is 0 Å². The summed E-state index contributed by atoms with van der Waals surface area (Å²) in [5, 5.41) is 8.61. The van der Waals surface area contributed by atoms with E-state index < -0.39 is 0 Å². The predicted molar refractivity (Wildman–Crippen MR) is 43.5 cm³/mol. The second-order valence-corrected chi connectivity index (χ2v) is 2.19. The van der Waals surface area contributed by atoms with Crippen LogP contribution in [0.25, 0.3) is 0 Å². The van der Waals surface area contributed by atoms with Crippen LogP contribution in [0.5, 0.6) is 0 Å². The molecule has 3 nitrogen and oxygen atoms in total. The second-order valence-electron chi connectivity index (χ2n) is 2.19. The molecule has 0 saturated heterocycles. The van der Waals surface area contributed by atoms with Crippen LogP contribution in [0, 0.1) is 11.3 Å². The molecular formula is C8H9N3. The average molecular weight is 147 g/mol. The van der Waals surface area contributed by atoms with Gasteiger partial charge in [0, 0.05) is 17.8 Å². The highest BCUT2D eigenvalue weighted by Crippen LogP contribution is 2.14. The minimum absolute atomic E-state index is 0.315. The third kappa shape index (κ3) is 1.31. The third-order valence-electron chi connectivity index (χ3n) is 1.54. The first-order valence-electron chi connectivity index (χ1n) is 3.27. The lowest BCUT2D eigenvalue weighted by atomic mass is 10.1. The number of nitrogens with two attached hydrogens (primary N) is 2. The Kier molecular flexibility index (Phi) is 2.09. The molecule has 0 aromatic heterocycles. The Morgan fingerprint density at radius 1 is 1.45 bits per heavy atom. The van der Waals surface area contributed by atoms with Crippen LogP contribution in [0.2, 0.25) is 0 Å². The lowest BCUT2D eigenvalue weighted by molar-refractivity contribution is 1.07. The highest BCUT2D eigenvalue weighted by Gasteiger charge is 2.01. The molecule has 11 heavy (non-hydrogen) atoms. The highest BCUT2D eigenvalue weighted by molar-refractivity contribution is 5.54. The van der Waals surface area contributed by atoms with Crippen molar-refractivity contribution in [3.8, 4) is 6.07 Å². The standard InChI is InChI=1S/C8H9N3/c9-4-6-2-1-3-8(11)7(6)5-10/h1-3H,5,10-11H2. The summed E-state index contributed by atoms with van der Waals surface area (Å²) >= 11 is 0. The lowest BCUT2D eigenvalue weighted by Crippen LogP contribution is -2.03. The number of anilines is 1. The molecule has 0 fully saturated rings. The zero-order valence-electron chi connectivity index (χ0n) is 6.04. The molecule has 0 heterocycles. The van der Waals surface area contributed by atoms with Gasteiger partial charge in [-0.25, -0.2) is 0 Å². The van der Waals surface area contributed by atoms with E-state index in [1.165, 1.54) is 0 Å². The molecule has 4 N–H and O–H groups in total. The van der Waals surface area contributed by atoms with E-state index >= 15 is 0 Å². The van der Waals surface area contributed by atoms with Crippen LogP contribution in [0.4, 0.5) is 5.69 Å². The van der Waals surface area contributed by atoms with Gasteiger partial charge in [0.05, 0.1) is 11.6 Å². The van der Waals surface area contributed by atoms with Gasteiger partial charge in [-0.1, -0.05) is 6.07 Å². The monoisotopic (exact) mass is 147 g/mol. The molecule has 0 aliphatic carbocycles. The normalized spacial score (nSPS) is 9.09. The van der Waals surface area contributed by atoms with Crippen molar-refractivity contribution in [3.05, 3.63) is 29.3 Å². The number of nitriles is 1. The van der Waals surface area contributed by atoms with Gasteiger partial charge in [0.15, 0.2) is 0 Å². The maximum absolute atomic E-state index is 8.61. The molecule has 0 aliphatic heterocycles. The highest BCUT2D eigenvalue weighted by atomic mass is 14.6. The molecule has 0 saturated carbocycles. The number of nitrogen functional groups attached to an aromatic ring is 1. The van der Waals surface area contributed by atoms with Gasteiger partial charge in [0.2, 0.25) is 0 Å². The van der Waals surface area contributed by atoms with Crippen molar-refractivity contribution in [1.82, 2.24) is 0 Å². The number of nitrogens with zero attached hydrogens (tertiary/aromatic N) is 1. The largest absolute Gasteiger partial charge is 0.398 e. The molecule has 0 aliphatic rings. The fourth-order valence-corrected chi connectivity index (χ4v) is 0.937. The first kappa shape index (κ1) is 7.58. The summed E-state index contributed by atoms with van der Waals surface area (Å²) in [4.78, 5) is 0. The van der Waals surface area contributed by atoms with E-state index in [9.17, 15) is 0 Å². The number of hydrogen-bond acceptors (Lipinski definition) is 3. The van der Waals surface area contributed by atoms with Crippen LogP contribution in [-0.4, -0.2) is 0 Å². The fourth-order valence-electron chi connectivity index (χ4n) is 0.937. The van der Waals surface area contributed by atoms with E-state index in [0.29, 0.717) is 17.8 Å². The lowest BCUT2D eigenvalue weighted by Gasteiger charge is -2.02. The van der Waals surface area contributed by atoms with E-state index in [2.05, 4.69) is 0 Å². The maximum Gasteiger partial charge on any atom is 0.0995 e. The summed E-state index contributed by atoms with van der Waals surface area (Å²) in [6, 6.07) is 7.22. The van der Waals surface area contributed by atoms with Crippen molar-refractivity contribution >= 4 is 5.69 Å². The van der Waals surface area contributed by atoms with Crippen LogP contribution in [-0.2, 0) is 6.54 Å². The molecule has 1 rings (SSSR count). The summed E-state index contributed by atoms with van der Waals surface area (Å²) in [6.45, 7) is 0.315. The summed E-state index contributed by atoms with van der Waals surface area (Å²) < 4.78 is 0. The summed E-state index contributed by atoms with van der Waals surface area (Å²) in [6.07, 6.45) is 0. The summed E-state index contributed by atoms with van der Waals surface area (Å²) in [5.41, 5.74) is 12.9. The van der Waals surface area contributed by atoms with Crippen molar-refractivity contribution in [3.63, 3.8) is 0 Å². The van der Waals surface area contributed by atoms with Crippen molar-refractivity contribution in [2.45, 2.75) is 6.54 Å². The van der Waals surface area contributed by atoms with Crippen molar-refractivity contribution in [1.29, 1.82) is 5.26 Å². The van der Waals surface area contributed by atoms with Gasteiger partial charge in [-0.05, 0) is 12.1 Å². The third-order valence-corrected chi connectivity index (χ3v) is 1.54. The van der Waals surface area contributed by atoms with E-state index in [1.807, 2.05) is 6.07 Å². The van der Waals surface area contributed by atoms with Gasteiger partial charge in [-0.2, -0.15) is 5.26 Å². The maximum atomic E-state index is 8.61. The minimum atomic E-state index is 0.315. The van der Waals surface area contributed by atoms with Crippen LogP contribution < -0.4 is 11.5 Å². The fraction of sp³-hybridized carbons (Fsp3) is 0.125. The molecule has 1 aromatic carbocycles. The summed E-state index contributed by atoms with van der Waals surface area (Å²) in [5.74, 6) is 0. The van der Waals surface area contributed by atoms with Gasteiger partial charge in [0.1, 0.15) is 0 Å². The van der Waals surface area contributed by atoms with Crippen molar-refractivity contribution in [2.75, 3.05) is 5.73 Å². The Hall–Kier alpha value is -1.53. The van der Waals surface area contributed by atoms with Crippen LogP contribution in [0.1, 0.15) is 11.1 Å². The Bertz CT molecular complexity index is 299. The molecule has 56 valence electrons. The molecule has 0 bridgehead atoms. The first-order chi connectivity index (χ1) is 5.29. The first-order valence-corrected chi connectivity index (χ1v) is 3.27. The smallest absolute Gasteiger partial charge is 0.0995 e. The van der Waals surface area contributed by atoms with E-state index in [4.69, 9.17) is 16.7 Å². The molecular weight excluding hydrogens is 138 g/mol.